The molecule has 0 atom stereocenters. The number of carbonyl (C=O) groups excluding carboxylic acids is 1. The van der Waals surface area contributed by atoms with Gasteiger partial charge in [-0.1, -0.05) is 0 Å². The average molecular weight is 204 g/mol. The fourth-order valence-corrected chi connectivity index (χ4v) is 1.63. The topological polar surface area (TPSA) is 44.1 Å². The van der Waals surface area contributed by atoms with Crippen LogP contribution in [0, 0.1) is 0 Å². The van der Waals surface area contributed by atoms with Crippen LogP contribution < -0.4 is 4.74 Å². The molecule has 0 amide bonds. The molecular weight excluding hydrogens is 192 g/mol. The van der Waals surface area contributed by atoms with E-state index < -0.39 is 0 Å². The van der Waals surface area contributed by atoms with Gasteiger partial charge in [0, 0.05) is 19.4 Å². The van der Waals surface area contributed by atoms with Gasteiger partial charge in [0.25, 0.3) is 0 Å². The minimum Gasteiger partial charge on any atom is -0.497 e. The summed E-state index contributed by atoms with van der Waals surface area (Å²) in [7, 11) is 3.42. The van der Waals surface area contributed by atoms with Crippen LogP contribution in [0.4, 0.5) is 0 Å². The third kappa shape index (κ3) is 1.48. The summed E-state index contributed by atoms with van der Waals surface area (Å²) in [4.78, 5) is 11.4. The Labute approximate surface area is 87.5 Å². The summed E-state index contributed by atoms with van der Waals surface area (Å²) in [6.07, 6.45) is 0. The minimum atomic E-state index is -0.0335. The highest BCUT2D eigenvalue weighted by Gasteiger charge is 2.12. The third-order valence-electron chi connectivity index (χ3n) is 2.39. The fourth-order valence-electron chi connectivity index (χ4n) is 1.63. The first kappa shape index (κ1) is 9.71. The van der Waals surface area contributed by atoms with Crippen molar-refractivity contribution < 1.29 is 9.53 Å². The molecule has 0 saturated carbocycles. The Bertz CT molecular complexity index is 529. The standard InChI is InChI=1S/C11H12N2O2/c1-7(14)11-9-6-8(15-3)4-5-10(9)13(2)12-11/h4-6H,1-3H3. The number of aryl methyl sites for hydroxylation is 1. The van der Waals surface area contributed by atoms with Gasteiger partial charge in [0.15, 0.2) is 5.78 Å². The van der Waals surface area contributed by atoms with Crippen LogP contribution in [-0.2, 0) is 7.05 Å². The molecule has 1 heterocycles. The molecule has 0 saturated heterocycles. The zero-order valence-corrected chi connectivity index (χ0v) is 8.94. The molecule has 1 aromatic carbocycles. The molecule has 0 bridgehead atoms. The van der Waals surface area contributed by atoms with E-state index in [4.69, 9.17) is 4.74 Å². The van der Waals surface area contributed by atoms with Crippen molar-refractivity contribution in [2.45, 2.75) is 6.92 Å². The molecule has 0 N–H and O–H groups in total. The van der Waals surface area contributed by atoms with Crippen molar-refractivity contribution >= 4 is 16.7 Å². The number of methoxy groups -OCH3 is 1. The number of aromatic nitrogens is 2. The second kappa shape index (κ2) is 3.38. The molecule has 0 spiro atoms. The molecule has 1 aromatic heterocycles. The number of hydrogen-bond acceptors (Lipinski definition) is 3. The summed E-state index contributed by atoms with van der Waals surface area (Å²) in [5, 5.41) is 5.01. The number of fused-ring (bicyclic) bond motifs is 1. The Balaban J connectivity index is 2.77. The summed E-state index contributed by atoms with van der Waals surface area (Å²) < 4.78 is 6.82. The van der Waals surface area contributed by atoms with Gasteiger partial charge in [-0.05, 0) is 18.2 Å². The van der Waals surface area contributed by atoms with E-state index in [0.29, 0.717) is 5.69 Å². The first-order chi connectivity index (χ1) is 7.13. The Hall–Kier alpha value is -1.84. The van der Waals surface area contributed by atoms with Crippen molar-refractivity contribution in [2.75, 3.05) is 7.11 Å². The van der Waals surface area contributed by atoms with Crippen LogP contribution in [0.2, 0.25) is 0 Å². The summed E-state index contributed by atoms with van der Waals surface area (Å²) in [5.41, 5.74) is 1.42. The summed E-state index contributed by atoms with van der Waals surface area (Å²) in [5.74, 6) is 0.701. The van der Waals surface area contributed by atoms with Gasteiger partial charge in [0.05, 0.1) is 12.6 Å². The zero-order chi connectivity index (χ0) is 11.0. The lowest BCUT2D eigenvalue weighted by molar-refractivity contribution is 0.101. The Morgan fingerprint density at radius 1 is 1.47 bits per heavy atom. The predicted octanol–water partition coefficient (Wildman–Crippen LogP) is 1.78. The van der Waals surface area contributed by atoms with Crippen molar-refractivity contribution in [1.29, 1.82) is 0 Å². The lowest BCUT2D eigenvalue weighted by atomic mass is 10.1. The fraction of sp³-hybridized carbons (Fsp3) is 0.273. The maximum atomic E-state index is 11.4. The summed E-state index contributed by atoms with van der Waals surface area (Å²) in [6, 6.07) is 5.58. The van der Waals surface area contributed by atoms with Crippen LogP contribution in [0.3, 0.4) is 0 Å². The van der Waals surface area contributed by atoms with Crippen LogP contribution in [0.1, 0.15) is 17.4 Å². The van der Waals surface area contributed by atoms with Gasteiger partial charge in [-0.15, -0.1) is 0 Å². The first-order valence-electron chi connectivity index (χ1n) is 4.65. The summed E-state index contributed by atoms with van der Waals surface area (Å²) >= 11 is 0. The highest BCUT2D eigenvalue weighted by atomic mass is 16.5. The van der Waals surface area contributed by atoms with E-state index in [1.807, 2.05) is 25.2 Å². The normalized spacial score (nSPS) is 10.6. The number of carbonyl (C=O) groups is 1. The van der Waals surface area contributed by atoms with Crippen molar-refractivity contribution in [3.63, 3.8) is 0 Å². The number of ketones is 1. The minimum absolute atomic E-state index is 0.0335. The lowest BCUT2D eigenvalue weighted by Crippen LogP contribution is -1.95. The molecule has 0 fully saturated rings. The molecule has 4 heteroatoms. The maximum Gasteiger partial charge on any atom is 0.180 e. The Kier molecular flexibility index (Phi) is 2.19. The number of rotatable bonds is 2. The van der Waals surface area contributed by atoms with E-state index in [1.54, 1.807) is 11.8 Å². The Morgan fingerprint density at radius 2 is 2.20 bits per heavy atom. The molecule has 0 radical (unpaired) electrons. The van der Waals surface area contributed by atoms with Gasteiger partial charge >= 0.3 is 0 Å². The monoisotopic (exact) mass is 204 g/mol. The smallest absolute Gasteiger partial charge is 0.180 e. The van der Waals surface area contributed by atoms with Gasteiger partial charge in [-0.3, -0.25) is 9.48 Å². The highest BCUT2D eigenvalue weighted by molar-refractivity contribution is 6.05. The van der Waals surface area contributed by atoms with Gasteiger partial charge in [0.1, 0.15) is 11.4 Å². The quantitative estimate of drug-likeness (QED) is 0.700. The van der Waals surface area contributed by atoms with Gasteiger partial charge in [-0.25, -0.2) is 0 Å². The predicted molar refractivity (Wildman–Crippen MR) is 57.3 cm³/mol. The number of Topliss-reactive ketones (excluding diaryl/α,β-unsaturated/α-hetero) is 1. The van der Waals surface area contributed by atoms with E-state index in [-0.39, 0.29) is 5.78 Å². The van der Waals surface area contributed by atoms with E-state index in [0.717, 1.165) is 16.7 Å². The largest absolute Gasteiger partial charge is 0.497 e. The molecule has 15 heavy (non-hydrogen) atoms. The maximum absolute atomic E-state index is 11.4. The number of nitrogens with zero attached hydrogens (tertiary/aromatic N) is 2. The van der Waals surface area contributed by atoms with Gasteiger partial charge < -0.3 is 4.74 Å². The highest BCUT2D eigenvalue weighted by Crippen LogP contribution is 2.23. The van der Waals surface area contributed by atoms with Crippen LogP contribution in [-0.4, -0.2) is 22.7 Å². The van der Waals surface area contributed by atoms with E-state index >= 15 is 0 Å². The number of benzene rings is 1. The summed E-state index contributed by atoms with van der Waals surface area (Å²) in [6.45, 7) is 1.52. The number of ether oxygens (including phenoxy) is 1. The molecule has 0 aliphatic carbocycles. The third-order valence-corrected chi connectivity index (χ3v) is 2.39. The molecule has 0 unspecified atom stereocenters. The molecule has 0 aliphatic rings. The van der Waals surface area contributed by atoms with E-state index in [2.05, 4.69) is 5.10 Å². The van der Waals surface area contributed by atoms with Gasteiger partial charge in [0.2, 0.25) is 0 Å². The van der Waals surface area contributed by atoms with Crippen LogP contribution in [0.25, 0.3) is 10.9 Å². The Morgan fingerprint density at radius 3 is 2.80 bits per heavy atom. The first-order valence-corrected chi connectivity index (χ1v) is 4.65. The molecule has 4 nitrogen and oxygen atoms in total. The average Bonchev–Trinajstić information content (AvgIpc) is 2.56. The second-order valence-corrected chi connectivity index (χ2v) is 3.41. The lowest BCUT2D eigenvalue weighted by Gasteiger charge is -1.99. The molecule has 78 valence electrons. The van der Waals surface area contributed by atoms with Crippen molar-refractivity contribution in [2.24, 2.45) is 7.05 Å². The van der Waals surface area contributed by atoms with Crippen molar-refractivity contribution in [3.8, 4) is 5.75 Å². The zero-order valence-electron chi connectivity index (χ0n) is 8.94. The van der Waals surface area contributed by atoms with Crippen LogP contribution >= 0.6 is 0 Å². The molecule has 0 aliphatic heterocycles. The van der Waals surface area contributed by atoms with Gasteiger partial charge in [-0.2, -0.15) is 5.10 Å². The SMILES string of the molecule is COc1ccc2c(c1)c(C(C)=O)nn2C. The second-order valence-electron chi connectivity index (χ2n) is 3.41. The van der Waals surface area contributed by atoms with Crippen molar-refractivity contribution in [1.82, 2.24) is 9.78 Å². The van der Waals surface area contributed by atoms with Crippen LogP contribution in [0.5, 0.6) is 5.75 Å². The van der Waals surface area contributed by atoms with E-state index in [1.165, 1.54) is 6.92 Å². The molecule has 2 aromatic rings. The molecule has 2 rings (SSSR count). The van der Waals surface area contributed by atoms with E-state index in [9.17, 15) is 4.79 Å². The number of hydrogen-bond donors (Lipinski definition) is 0. The van der Waals surface area contributed by atoms with Crippen molar-refractivity contribution in [3.05, 3.63) is 23.9 Å². The molecular formula is C11H12N2O2. The van der Waals surface area contributed by atoms with Crippen LogP contribution in [0.15, 0.2) is 18.2 Å².